The molecule has 0 N–H and O–H groups in total. The maximum atomic E-state index is 5.16. The second kappa shape index (κ2) is 7.18. The molecular weight excluding hydrogens is 288 g/mol. The van der Waals surface area contributed by atoms with Crippen LogP contribution in [0.3, 0.4) is 0 Å². The lowest BCUT2D eigenvalue weighted by atomic mass is 9.89. The highest BCUT2D eigenvalue weighted by Crippen LogP contribution is 2.30. The molecule has 102 valence electrons. The van der Waals surface area contributed by atoms with E-state index in [9.17, 15) is 0 Å². The van der Waals surface area contributed by atoms with Gasteiger partial charge in [0.15, 0.2) is 0 Å². The molecule has 0 aromatic heterocycles. The molecule has 1 rings (SSSR count). The number of aryl methyl sites for hydroxylation is 1. The van der Waals surface area contributed by atoms with Gasteiger partial charge in [0, 0.05) is 4.83 Å². The Kier molecular flexibility index (Phi) is 6.20. The van der Waals surface area contributed by atoms with Crippen molar-refractivity contribution in [2.45, 2.75) is 51.3 Å². The lowest BCUT2D eigenvalue weighted by molar-refractivity contribution is 0.378. The molecule has 1 aromatic rings. The Hall–Kier alpha value is -0.500. The number of halogens is 1. The zero-order valence-electron chi connectivity index (χ0n) is 12.0. The number of benzene rings is 1. The Bertz CT molecular complexity index is 337. The molecular formula is C16H25BrO. The van der Waals surface area contributed by atoms with Gasteiger partial charge in [0.1, 0.15) is 5.75 Å². The van der Waals surface area contributed by atoms with E-state index in [1.54, 1.807) is 7.11 Å². The first kappa shape index (κ1) is 15.6. The van der Waals surface area contributed by atoms with Gasteiger partial charge in [0.05, 0.1) is 7.11 Å². The number of methoxy groups -OCH3 is 1. The van der Waals surface area contributed by atoms with Crippen LogP contribution in [0.15, 0.2) is 24.3 Å². The summed E-state index contributed by atoms with van der Waals surface area (Å²) < 4.78 is 5.16. The number of alkyl halides is 1. The van der Waals surface area contributed by atoms with Gasteiger partial charge in [-0.15, -0.1) is 0 Å². The van der Waals surface area contributed by atoms with Crippen LogP contribution in [0.4, 0.5) is 0 Å². The van der Waals surface area contributed by atoms with Crippen molar-refractivity contribution in [3.63, 3.8) is 0 Å². The fourth-order valence-electron chi connectivity index (χ4n) is 1.88. The third-order valence-corrected chi connectivity index (χ3v) is 5.10. The standard InChI is InChI=1S/C16H25BrO/c1-16(2,3)15(17)8-6-5-7-13-9-11-14(18-4)12-10-13/h9-12,15H,5-8H2,1-4H3. The van der Waals surface area contributed by atoms with E-state index in [2.05, 4.69) is 48.8 Å². The molecule has 0 amide bonds. The molecule has 0 aliphatic rings. The topological polar surface area (TPSA) is 9.23 Å². The van der Waals surface area contributed by atoms with Crippen molar-refractivity contribution in [2.24, 2.45) is 5.41 Å². The molecule has 0 spiro atoms. The summed E-state index contributed by atoms with van der Waals surface area (Å²) in [6.07, 6.45) is 4.94. The minimum Gasteiger partial charge on any atom is -0.497 e. The van der Waals surface area contributed by atoms with Gasteiger partial charge in [-0.3, -0.25) is 0 Å². The van der Waals surface area contributed by atoms with Crippen molar-refractivity contribution in [1.82, 2.24) is 0 Å². The summed E-state index contributed by atoms with van der Waals surface area (Å²) in [4.78, 5) is 0.612. The summed E-state index contributed by atoms with van der Waals surface area (Å²) in [6, 6.07) is 8.40. The van der Waals surface area contributed by atoms with Crippen LogP contribution >= 0.6 is 15.9 Å². The molecule has 1 atom stereocenters. The van der Waals surface area contributed by atoms with E-state index in [1.807, 2.05) is 12.1 Å². The molecule has 0 aliphatic heterocycles. The minimum atomic E-state index is 0.361. The van der Waals surface area contributed by atoms with Crippen LogP contribution in [0, 0.1) is 5.41 Å². The van der Waals surface area contributed by atoms with Gasteiger partial charge in [0.2, 0.25) is 0 Å². The lowest BCUT2D eigenvalue weighted by Crippen LogP contribution is -2.19. The first-order chi connectivity index (χ1) is 8.43. The van der Waals surface area contributed by atoms with Crippen LogP contribution in [-0.4, -0.2) is 11.9 Å². The maximum absolute atomic E-state index is 5.16. The maximum Gasteiger partial charge on any atom is 0.118 e. The molecule has 1 nitrogen and oxygen atoms in total. The van der Waals surface area contributed by atoms with Gasteiger partial charge in [-0.05, 0) is 42.4 Å². The monoisotopic (exact) mass is 312 g/mol. The van der Waals surface area contributed by atoms with Crippen molar-refractivity contribution in [3.8, 4) is 5.75 Å². The third-order valence-electron chi connectivity index (χ3n) is 3.27. The predicted octanol–water partition coefficient (Wildman–Crippen LogP) is 5.22. The fourth-order valence-corrected chi connectivity index (χ4v) is 2.20. The van der Waals surface area contributed by atoms with E-state index in [1.165, 1.54) is 24.8 Å². The Morgan fingerprint density at radius 1 is 1.11 bits per heavy atom. The highest BCUT2D eigenvalue weighted by Gasteiger charge is 2.20. The van der Waals surface area contributed by atoms with Crippen LogP contribution in [0.25, 0.3) is 0 Å². The molecule has 1 unspecified atom stereocenters. The quantitative estimate of drug-likeness (QED) is 0.517. The van der Waals surface area contributed by atoms with Gasteiger partial charge < -0.3 is 4.74 Å². The molecule has 0 aliphatic carbocycles. The molecule has 1 aromatic carbocycles. The van der Waals surface area contributed by atoms with Gasteiger partial charge in [-0.1, -0.05) is 55.3 Å². The first-order valence-electron chi connectivity index (χ1n) is 6.70. The molecule has 0 radical (unpaired) electrons. The highest BCUT2D eigenvalue weighted by atomic mass is 79.9. The third kappa shape index (κ3) is 5.43. The van der Waals surface area contributed by atoms with Crippen LogP contribution in [0.1, 0.15) is 45.6 Å². The summed E-state index contributed by atoms with van der Waals surface area (Å²) in [7, 11) is 1.71. The number of hydrogen-bond acceptors (Lipinski definition) is 1. The second-order valence-corrected chi connectivity index (χ2v) is 7.03. The summed E-state index contributed by atoms with van der Waals surface area (Å²) in [5.74, 6) is 0.937. The zero-order chi connectivity index (χ0) is 13.6. The minimum absolute atomic E-state index is 0.361. The van der Waals surface area contributed by atoms with Crippen LogP contribution in [-0.2, 0) is 6.42 Å². The zero-order valence-corrected chi connectivity index (χ0v) is 13.6. The van der Waals surface area contributed by atoms with Gasteiger partial charge >= 0.3 is 0 Å². The molecule has 0 saturated carbocycles. The van der Waals surface area contributed by atoms with Crippen molar-refractivity contribution in [1.29, 1.82) is 0 Å². The Balaban J connectivity index is 2.25. The van der Waals surface area contributed by atoms with E-state index >= 15 is 0 Å². The molecule has 0 heterocycles. The van der Waals surface area contributed by atoms with E-state index in [0.29, 0.717) is 10.2 Å². The number of hydrogen-bond donors (Lipinski definition) is 0. The van der Waals surface area contributed by atoms with Crippen molar-refractivity contribution in [3.05, 3.63) is 29.8 Å². The summed E-state index contributed by atoms with van der Waals surface area (Å²) in [6.45, 7) is 6.86. The molecule has 0 bridgehead atoms. The summed E-state index contributed by atoms with van der Waals surface area (Å²) in [5, 5.41) is 0. The number of unbranched alkanes of at least 4 members (excludes halogenated alkanes) is 1. The van der Waals surface area contributed by atoms with Crippen molar-refractivity contribution in [2.75, 3.05) is 7.11 Å². The van der Waals surface area contributed by atoms with E-state index in [4.69, 9.17) is 4.74 Å². The van der Waals surface area contributed by atoms with Crippen molar-refractivity contribution >= 4 is 15.9 Å². The second-order valence-electron chi connectivity index (χ2n) is 5.93. The van der Waals surface area contributed by atoms with E-state index in [-0.39, 0.29) is 0 Å². The number of rotatable bonds is 6. The van der Waals surface area contributed by atoms with Crippen LogP contribution in [0.2, 0.25) is 0 Å². The van der Waals surface area contributed by atoms with E-state index < -0.39 is 0 Å². The average molecular weight is 313 g/mol. The van der Waals surface area contributed by atoms with Gasteiger partial charge in [-0.25, -0.2) is 0 Å². The Labute approximate surface area is 120 Å². The summed E-state index contributed by atoms with van der Waals surface area (Å²) in [5.41, 5.74) is 1.76. The van der Waals surface area contributed by atoms with E-state index in [0.717, 1.165) is 12.2 Å². The fraction of sp³-hybridized carbons (Fsp3) is 0.625. The predicted molar refractivity (Wildman–Crippen MR) is 82.7 cm³/mol. The molecule has 0 saturated heterocycles. The smallest absolute Gasteiger partial charge is 0.118 e. The Morgan fingerprint density at radius 3 is 2.22 bits per heavy atom. The SMILES string of the molecule is COc1ccc(CCCCC(Br)C(C)(C)C)cc1. The number of ether oxygens (including phenoxy) is 1. The van der Waals surface area contributed by atoms with Gasteiger partial charge in [-0.2, -0.15) is 0 Å². The average Bonchev–Trinajstić information content (AvgIpc) is 2.34. The molecule has 18 heavy (non-hydrogen) atoms. The highest BCUT2D eigenvalue weighted by molar-refractivity contribution is 9.09. The summed E-state index contributed by atoms with van der Waals surface area (Å²) >= 11 is 3.79. The Morgan fingerprint density at radius 2 is 1.72 bits per heavy atom. The molecule has 0 fully saturated rings. The normalized spacial score (nSPS) is 13.4. The van der Waals surface area contributed by atoms with Gasteiger partial charge in [0.25, 0.3) is 0 Å². The van der Waals surface area contributed by atoms with Crippen LogP contribution < -0.4 is 4.74 Å². The lowest BCUT2D eigenvalue weighted by Gasteiger charge is -2.25. The first-order valence-corrected chi connectivity index (χ1v) is 7.62. The molecule has 2 heteroatoms. The van der Waals surface area contributed by atoms with Crippen molar-refractivity contribution < 1.29 is 4.74 Å². The van der Waals surface area contributed by atoms with Crippen LogP contribution in [0.5, 0.6) is 5.75 Å². The largest absolute Gasteiger partial charge is 0.497 e.